The zero-order chi connectivity index (χ0) is 21.6. The fourth-order valence-corrected chi connectivity index (χ4v) is 3.87. The Kier molecular flexibility index (Phi) is 6.31. The molecular weight excluding hydrogens is 390 g/mol. The van der Waals surface area contributed by atoms with Crippen LogP contribution in [0.4, 0.5) is 0 Å². The van der Waals surface area contributed by atoms with Crippen molar-refractivity contribution in [3.8, 4) is 0 Å². The van der Waals surface area contributed by atoms with Crippen molar-refractivity contribution in [2.75, 3.05) is 13.1 Å². The third-order valence-electron chi connectivity index (χ3n) is 5.56. The molecule has 0 atom stereocenters. The highest BCUT2D eigenvalue weighted by Gasteiger charge is 2.28. The number of carbonyl (C=O) groups excluding carboxylic acids is 2. The second kappa shape index (κ2) is 9.47. The Morgan fingerprint density at radius 1 is 1.06 bits per heavy atom. The smallest absolute Gasteiger partial charge is 0.255 e. The Labute approximate surface area is 181 Å². The van der Waals surface area contributed by atoms with Crippen LogP contribution in [0.25, 0.3) is 0 Å². The molecule has 3 aromatic rings. The Morgan fingerprint density at radius 2 is 1.84 bits per heavy atom. The monoisotopic (exact) mass is 415 g/mol. The molecule has 0 radical (unpaired) electrons. The van der Waals surface area contributed by atoms with Crippen molar-refractivity contribution in [3.63, 3.8) is 0 Å². The van der Waals surface area contributed by atoms with E-state index in [9.17, 15) is 9.59 Å². The molecule has 0 spiro atoms. The van der Waals surface area contributed by atoms with Crippen molar-refractivity contribution in [1.82, 2.24) is 25.2 Å². The number of nitrogens with zero attached hydrogens (tertiary/aromatic N) is 4. The van der Waals surface area contributed by atoms with Crippen LogP contribution < -0.4 is 5.32 Å². The standard InChI is InChI=1S/C24H25N5O2/c1-17-26-16-21(23(30)27-14-18-6-3-2-4-7-18)22(28-17)19-9-12-29(13-10-19)24(31)20-8-5-11-25-15-20/h2-8,11,15-16,19H,9-10,12-14H2,1H3,(H,27,30). The molecule has 1 fully saturated rings. The predicted octanol–water partition coefficient (Wildman–Crippen LogP) is 3.13. The molecule has 1 aliphatic rings. The molecule has 2 aromatic heterocycles. The van der Waals surface area contributed by atoms with E-state index in [0.29, 0.717) is 36.6 Å². The zero-order valence-electron chi connectivity index (χ0n) is 17.5. The van der Waals surface area contributed by atoms with Crippen molar-refractivity contribution >= 4 is 11.8 Å². The van der Waals surface area contributed by atoms with E-state index >= 15 is 0 Å². The van der Waals surface area contributed by atoms with Crippen LogP contribution in [0.15, 0.2) is 61.1 Å². The lowest BCUT2D eigenvalue weighted by molar-refractivity contribution is 0.0710. The van der Waals surface area contributed by atoms with Gasteiger partial charge >= 0.3 is 0 Å². The lowest BCUT2D eigenvalue weighted by atomic mass is 9.90. The summed E-state index contributed by atoms with van der Waals surface area (Å²) >= 11 is 0. The van der Waals surface area contributed by atoms with E-state index in [0.717, 1.165) is 24.1 Å². The molecule has 2 amide bonds. The predicted molar refractivity (Wildman–Crippen MR) is 116 cm³/mol. The normalized spacial score (nSPS) is 14.3. The molecule has 0 unspecified atom stereocenters. The Hall–Kier alpha value is -3.61. The fourth-order valence-electron chi connectivity index (χ4n) is 3.87. The van der Waals surface area contributed by atoms with Gasteiger partial charge in [-0.1, -0.05) is 30.3 Å². The first kappa shape index (κ1) is 20.7. The van der Waals surface area contributed by atoms with Crippen LogP contribution in [0.3, 0.4) is 0 Å². The summed E-state index contributed by atoms with van der Waals surface area (Å²) in [4.78, 5) is 40.3. The van der Waals surface area contributed by atoms with Crippen LogP contribution in [0, 0.1) is 6.92 Å². The zero-order valence-corrected chi connectivity index (χ0v) is 17.5. The van der Waals surface area contributed by atoms with Crippen LogP contribution in [0.5, 0.6) is 0 Å². The van der Waals surface area contributed by atoms with Gasteiger partial charge in [-0.25, -0.2) is 9.97 Å². The van der Waals surface area contributed by atoms with Crippen molar-refractivity contribution in [2.45, 2.75) is 32.2 Å². The summed E-state index contributed by atoms with van der Waals surface area (Å²) in [7, 11) is 0. The van der Waals surface area contributed by atoms with Crippen LogP contribution >= 0.6 is 0 Å². The van der Waals surface area contributed by atoms with E-state index in [1.807, 2.05) is 42.2 Å². The molecule has 3 heterocycles. The van der Waals surface area contributed by atoms with Gasteiger partial charge in [0.05, 0.1) is 16.8 Å². The number of nitrogens with one attached hydrogen (secondary N) is 1. The minimum atomic E-state index is -0.173. The molecule has 7 nitrogen and oxygen atoms in total. The van der Waals surface area contributed by atoms with Gasteiger partial charge in [0.25, 0.3) is 11.8 Å². The summed E-state index contributed by atoms with van der Waals surface area (Å²) in [6, 6.07) is 13.3. The number of aryl methyl sites for hydroxylation is 1. The number of aromatic nitrogens is 3. The van der Waals surface area contributed by atoms with Gasteiger partial charge in [0.15, 0.2) is 0 Å². The quantitative estimate of drug-likeness (QED) is 0.692. The molecule has 4 rings (SSSR count). The summed E-state index contributed by atoms with van der Waals surface area (Å²) in [6.07, 6.45) is 6.37. The summed E-state index contributed by atoms with van der Waals surface area (Å²) in [5.74, 6) is 0.569. The third kappa shape index (κ3) is 4.94. The maximum atomic E-state index is 12.9. The van der Waals surface area contributed by atoms with Crippen molar-refractivity contribution in [1.29, 1.82) is 0 Å². The number of benzene rings is 1. The van der Waals surface area contributed by atoms with Gasteiger partial charge in [0, 0.05) is 44.1 Å². The van der Waals surface area contributed by atoms with Gasteiger partial charge < -0.3 is 10.2 Å². The number of hydrogen-bond acceptors (Lipinski definition) is 5. The molecule has 0 aliphatic carbocycles. The molecule has 31 heavy (non-hydrogen) atoms. The summed E-state index contributed by atoms with van der Waals surface area (Å²) in [5.41, 5.74) is 2.91. The number of pyridine rings is 1. The van der Waals surface area contributed by atoms with E-state index in [4.69, 9.17) is 0 Å². The highest BCUT2D eigenvalue weighted by molar-refractivity contribution is 5.95. The molecular formula is C24H25N5O2. The number of carbonyl (C=O) groups is 2. The first-order valence-electron chi connectivity index (χ1n) is 10.5. The second-order valence-corrected chi connectivity index (χ2v) is 7.69. The number of piperidine rings is 1. The van der Waals surface area contributed by atoms with E-state index < -0.39 is 0 Å². The highest BCUT2D eigenvalue weighted by atomic mass is 16.2. The van der Waals surface area contributed by atoms with Crippen LogP contribution in [-0.2, 0) is 6.54 Å². The van der Waals surface area contributed by atoms with Gasteiger partial charge in [0.2, 0.25) is 0 Å². The molecule has 1 aromatic carbocycles. The largest absolute Gasteiger partial charge is 0.348 e. The molecule has 1 aliphatic heterocycles. The van der Waals surface area contributed by atoms with Crippen molar-refractivity contribution in [3.05, 3.63) is 89.3 Å². The SMILES string of the molecule is Cc1ncc(C(=O)NCc2ccccc2)c(C2CCN(C(=O)c3cccnc3)CC2)n1. The minimum Gasteiger partial charge on any atom is -0.348 e. The Bertz CT molecular complexity index is 1050. The van der Waals surface area contributed by atoms with E-state index in [1.165, 1.54) is 0 Å². The van der Waals surface area contributed by atoms with Crippen LogP contribution in [-0.4, -0.2) is 44.8 Å². The maximum absolute atomic E-state index is 12.9. The maximum Gasteiger partial charge on any atom is 0.255 e. The van der Waals surface area contributed by atoms with Gasteiger partial charge in [-0.05, 0) is 37.5 Å². The highest BCUT2D eigenvalue weighted by Crippen LogP contribution is 2.29. The van der Waals surface area contributed by atoms with Crippen LogP contribution in [0.1, 0.15) is 56.6 Å². The number of likely N-dealkylation sites (tertiary alicyclic amines) is 1. The minimum absolute atomic E-state index is 0.00811. The van der Waals surface area contributed by atoms with E-state index in [-0.39, 0.29) is 17.7 Å². The fraction of sp³-hybridized carbons (Fsp3) is 0.292. The number of rotatable bonds is 5. The molecule has 0 saturated carbocycles. The molecule has 0 bridgehead atoms. The lowest BCUT2D eigenvalue weighted by Gasteiger charge is -2.32. The van der Waals surface area contributed by atoms with Gasteiger partial charge in [-0.3, -0.25) is 14.6 Å². The van der Waals surface area contributed by atoms with Crippen molar-refractivity contribution in [2.24, 2.45) is 0 Å². The average Bonchev–Trinajstić information content (AvgIpc) is 2.83. The van der Waals surface area contributed by atoms with Crippen LogP contribution in [0.2, 0.25) is 0 Å². The molecule has 158 valence electrons. The van der Waals surface area contributed by atoms with Gasteiger partial charge in [-0.2, -0.15) is 0 Å². The first-order valence-corrected chi connectivity index (χ1v) is 10.5. The summed E-state index contributed by atoms with van der Waals surface area (Å²) in [6.45, 7) is 3.51. The molecule has 1 N–H and O–H groups in total. The van der Waals surface area contributed by atoms with Gasteiger partial charge in [-0.15, -0.1) is 0 Å². The Balaban J connectivity index is 1.44. The Morgan fingerprint density at radius 3 is 2.55 bits per heavy atom. The van der Waals surface area contributed by atoms with Gasteiger partial charge in [0.1, 0.15) is 5.82 Å². The van der Waals surface area contributed by atoms with E-state index in [2.05, 4.69) is 20.3 Å². The second-order valence-electron chi connectivity index (χ2n) is 7.69. The lowest BCUT2D eigenvalue weighted by Crippen LogP contribution is -2.38. The third-order valence-corrected chi connectivity index (χ3v) is 5.56. The molecule has 1 saturated heterocycles. The van der Waals surface area contributed by atoms with Crippen molar-refractivity contribution < 1.29 is 9.59 Å². The average molecular weight is 415 g/mol. The topological polar surface area (TPSA) is 88.1 Å². The summed E-state index contributed by atoms with van der Waals surface area (Å²) < 4.78 is 0. The molecule has 7 heteroatoms. The number of amides is 2. The first-order chi connectivity index (χ1) is 15.1. The summed E-state index contributed by atoms with van der Waals surface area (Å²) in [5, 5.41) is 2.97. The number of hydrogen-bond donors (Lipinski definition) is 1. The van der Waals surface area contributed by atoms with E-state index in [1.54, 1.807) is 30.7 Å².